The van der Waals surface area contributed by atoms with Crippen LogP contribution in [0, 0.1) is 0 Å². The normalized spacial score (nSPS) is 11.9. The van der Waals surface area contributed by atoms with Gasteiger partial charge in [-0.25, -0.2) is 0 Å². The average Bonchev–Trinajstić information content (AvgIpc) is 2.18. The van der Waals surface area contributed by atoms with Gasteiger partial charge in [-0.3, -0.25) is 0 Å². The van der Waals surface area contributed by atoms with E-state index in [0.717, 1.165) is 30.5 Å². The summed E-state index contributed by atoms with van der Waals surface area (Å²) in [5, 5.41) is 0.696. The fourth-order valence-electron chi connectivity index (χ4n) is 1.45. The number of halogens is 2. The van der Waals surface area contributed by atoms with Gasteiger partial charge in [0.2, 0.25) is 0 Å². The van der Waals surface area contributed by atoms with Crippen molar-refractivity contribution in [3.63, 3.8) is 0 Å². The molecular weight excluding hydrogens is 231 g/mol. The summed E-state index contributed by atoms with van der Waals surface area (Å²) < 4.78 is 0. The average molecular weight is 249 g/mol. The Morgan fingerprint density at radius 3 is 2.67 bits per heavy atom. The highest BCUT2D eigenvalue weighted by molar-refractivity contribution is 6.30. The number of nitrogens with two attached hydrogens (primary N) is 2. The van der Waals surface area contributed by atoms with Crippen LogP contribution in [0.4, 0.5) is 5.69 Å². The van der Waals surface area contributed by atoms with Crippen molar-refractivity contribution in [1.29, 1.82) is 0 Å². The van der Waals surface area contributed by atoms with E-state index in [2.05, 4.69) is 6.92 Å². The highest BCUT2D eigenvalue weighted by Crippen LogP contribution is 2.25. The Balaban J connectivity index is 0.00000196. The molecule has 0 saturated carbocycles. The van der Waals surface area contributed by atoms with Gasteiger partial charge in [0, 0.05) is 16.8 Å². The van der Waals surface area contributed by atoms with Crippen molar-refractivity contribution < 1.29 is 0 Å². The zero-order chi connectivity index (χ0) is 10.6. The standard InChI is InChI=1S/C11H17ClN2.ClH/c1-2-3-4-10(13)9-7-8(12)5-6-11(9)14;/h5-7,10H,2-4,13-14H2,1H3;1H/t10-;/m0./s1. The third-order valence-electron chi connectivity index (χ3n) is 2.32. The van der Waals surface area contributed by atoms with Gasteiger partial charge in [-0.1, -0.05) is 31.4 Å². The third-order valence-corrected chi connectivity index (χ3v) is 2.55. The minimum atomic E-state index is 0. The molecule has 1 atom stereocenters. The lowest BCUT2D eigenvalue weighted by atomic mass is 10.0. The van der Waals surface area contributed by atoms with E-state index in [-0.39, 0.29) is 18.4 Å². The maximum atomic E-state index is 6.01. The van der Waals surface area contributed by atoms with Crippen molar-refractivity contribution in [2.24, 2.45) is 5.73 Å². The van der Waals surface area contributed by atoms with Gasteiger partial charge in [-0.05, 0) is 30.2 Å². The van der Waals surface area contributed by atoms with E-state index in [1.165, 1.54) is 0 Å². The van der Waals surface area contributed by atoms with E-state index in [1.807, 2.05) is 12.1 Å². The Labute approximate surface area is 102 Å². The monoisotopic (exact) mass is 248 g/mol. The van der Waals surface area contributed by atoms with Gasteiger partial charge in [0.25, 0.3) is 0 Å². The third kappa shape index (κ3) is 4.29. The quantitative estimate of drug-likeness (QED) is 0.802. The molecule has 0 aliphatic rings. The Hall–Kier alpha value is -0.440. The van der Waals surface area contributed by atoms with Crippen LogP contribution < -0.4 is 11.5 Å². The van der Waals surface area contributed by atoms with Gasteiger partial charge in [0.1, 0.15) is 0 Å². The summed E-state index contributed by atoms with van der Waals surface area (Å²) in [7, 11) is 0. The molecule has 0 saturated heterocycles. The predicted molar refractivity (Wildman–Crippen MR) is 69.6 cm³/mol. The highest BCUT2D eigenvalue weighted by atomic mass is 35.5. The number of unbranched alkanes of at least 4 members (excludes halogenated alkanes) is 1. The number of anilines is 1. The first-order chi connectivity index (χ1) is 6.65. The van der Waals surface area contributed by atoms with Gasteiger partial charge >= 0.3 is 0 Å². The van der Waals surface area contributed by atoms with Crippen LogP contribution >= 0.6 is 24.0 Å². The Bertz CT molecular complexity index is 303. The summed E-state index contributed by atoms with van der Waals surface area (Å²) in [6, 6.07) is 5.46. The van der Waals surface area contributed by atoms with Crippen LogP contribution in [0.5, 0.6) is 0 Å². The van der Waals surface area contributed by atoms with Crippen LogP contribution in [0.2, 0.25) is 5.02 Å². The number of hydrogen-bond acceptors (Lipinski definition) is 2. The molecule has 0 aromatic heterocycles. The summed E-state index contributed by atoms with van der Waals surface area (Å²) in [4.78, 5) is 0. The van der Waals surface area contributed by atoms with Gasteiger partial charge in [0.15, 0.2) is 0 Å². The summed E-state index contributed by atoms with van der Waals surface area (Å²) in [6.45, 7) is 2.15. The largest absolute Gasteiger partial charge is 0.398 e. The van der Waals surface area contributed by atoms with E-state index < -0.39 is 0 Å². The molecule has 1 aromatic carbocycles. The summed E-state index contributed by atoms with van der Waals surface area (Å²) in [6.07, 6.45) is 3.22. The minimum absolute atomic E-state index is 0. The van der Waals surface area contributed by atoms with Crippen LogP contribution in [0.1, 0.15) is 37.8 Å². The fraction of sp³-hybridized carbons (Fsp3) is 0.455. The Kier molecular flexibility index (Phi) is 6.73. The molecule has 0 unspecified atom stereocenters. The number of benzene rings is 1. The van der Waals surface area contributed by atoms with Crippen molar-refractivity contribution in [2.75, 3.05) is 5.73 Å². The number of nitrogen functional groups attached to an aromatic ring is 1. The molecule has 0 bridgehead atoms. The van der Waals surface area contributed by atoms with Crippen LogP contribution in [0.25, 0.3) is 0 Å². The van der Waals surface area contributed by atoms with E-state index >= 15 is 0 Å². The number of rotatable bonds is 4. The van der Waals surface area contributed by atoms with Crippen molar-refractivity contribution in [3.8, 4) is 0 Å². The number of hydrogen-bond donors (Lipinski definition) is 2. The molecule has 15 heavy (non-hydrogen) atoms. The highest BCUT2D eigenvalue weighted by Gasteiger charge is 2.09. The molecule has 0 amide bonds. The van der Waals surface area contributed by atoms with Crippen molar-refractivity contribution in [2.45, 2.75) is 32.2 Å². The first-order valence-corrected chi connectivity index (χ1v) is 5.33. The van der Waals surface area contributed by atoms with Gasteiger partial charge in [-0.2, -0.15) is 0 Å². The molecule has 0 heterocycles. The smallest absolute Gasteiger partial charge is 0.0410 e. The maximum absolute atomic E-state index is 6.01. The molecule has 1 rings (SSSR count). The van der Waals surface area contributed by atoms with Crippen molar-refractivity contribution in [1.82, 2.24) is 0 Å². The zero-order valence-corrected chi connectivity index (χ0v) is 10.4. The topological polar surface area (TPSA) is 52.0 Å². The van der Waals surface area contributed by atoms with Gasteiger partial charge in [0.05, 0.1) is 0 Å². The molecule has 0 spiro atoms. The molecule has 1 aromatic rings. The first-order valence-electron chi connectivity index (χ1n) is 4.95. The Morgan fingerprint density at radius 1 is 1.40 bits per heavy atom. The van der Waals surface area contributed by atoms with Crippen LogP contribution in [-0.2, 0) is 0 Å². The van der Waals surface area contributed by atoms with Gasteiger partial charge < -0.3 is 11.5 Å². The molecule has 86 valence electrons. The van der Waals surface area contributed by atoms with E-state index in [1.54, 1.807) is 6.07 Å². The lowest BCUT2D eigenvalue weighted by molar-refractivity contribution is 0.605. The van der Waals surface area contributed by atoms with Crippen LogP contribution in [0.3, 0.4) is 0 Å². The molecule has 4 heteroatoms. The molecule has 0 aliphatic heterocycles. The molecule has 0 aliphatic carbocycles. The summed E-state index contributed by atoms with van der Waals surface area (Å²) in [5.74, 6) is 0. The molecule has 2 nitrogen and oxygen atoms in total. The van der Waals surface area contributed by atoms with E-state index in [9.17, 15) is 0 Å². The van der Waals surface area contributed by atoms with E-state index in [4.69, 9.17) is 23.1 Å². The predicted octanol–water partition coefficient (Wildman–Crippen LogP) is 3.53. The second-order valence-electron chi connectivity index (χ2n) is 3.52. The van der Waals surface area contributed by atoms with Crippen LogP contribution in [-0.4, -0.2) is 0 Å². The Morgan fingerprint density at radius 2 is 2.07 bits per heavy atom. The van der Waals surface area contributed by atoms with Crippen molar-refractivity contribution >= 4 is 29.7 Å². The van der Waals surface area contributed by atoms with E-state index in [0.29, 0.717) is 5.02 Å². The van der Waals surface area contributed by atoms with Gasteiger partial charge in [-0.15, -0.1) is 12.4 Å². The molecular formula is C11H18Cl2N2. The lowest BCUT2D eigenvalue weighted by Crippen LogP contribution is -2.12. The second kappa shape index (κ2) is 6.94. The van der Waals surface area contributed by atoms with Crippen LogP contribution in [0.15, 0.2) is 18.2 Å². The molecule has 0 fully saturated rings. The van der Waals surface area contributed by atoms with Crippen molar-refractivity contribution in [3.05, 3.63) is 28.8 Å². The lowest BCUT2D eigenvalue weighted by Gasteiger charge is -2.14. The molecule has 4 N–H and O–H groups in total. The summed E-state index contributed by atoms with van der Waals surface area (Å²) >= 11 is 5.88. The minimum Gasteiger partial charge on any atom is -0.398 e. The summed E-state index contributed by atoms with van der Waals surface area (Å²) in [5.41, 5.74) is 13.5. The second-order valence-corrected chi connectivity index (χ2v) is 3.96. The zero-order valence-electron chi connectivity index (χ0n) is 8.87. The SMILES string of the molecule is CCCC[C@H](N)c1cc(Cl)ccc1N.Cl. The molecule has 0 radical (unpaired) electrons. The fourth-order valence-corrected chi connectivity index (χ4v) is 1.63. The first kappa shape index (κ1) is 14.6. The maximum Gasteiger partial charge on any atom is 0.0410 e.